The van der Waals surface area contributed by atoms with Crippen LogP contribution in [-0.4, -0.2) is 9.97 Å². The highest BCUT2D eigenvalue weighted by Gasteiger charge is 2.09. The topological polar surface area (TPSA) is 63.0 Å². The fourth-order valence-electron chi connectivity index (χ4n) is 2.64. The number of nitrogens with zero attached hydrogens (tertiary/aromatic N) is 2. The molecule has 4 aromatic rings. The van der Waals surface area contributed by atoms with E-state index in [0.29, 0.717) is 23.7 Å². The first kappa shape index (κ1) is 17.7. The summed E-state index contributed by atoms with van der Waals surface area (Å²) in [6.45, 7) is 0.447. The summed E-state index contributed by atoms with van der Waals surface area (Å²) in [5.74, 6) is -0.273. The van der Waals surface area contributed by atoms with E-state index < -0.39 is 11.6 Å². The Hall–Kier alpha value is -3.74. The third-order valence-electron chi connectivity index (χ3n) is 4.00. The highest BCUT2D eigenvalue weighted by Crippen LogP contribution is 2.24. The number of furan rings is 1. The number of rotatable bonds is 6. The van der Waals surface area contributed by atoms with Crippen LogP contribution >= 0.6 is 0 Å². The fraction of sp³-hybridized carbons (Fsp3) is 0.0476. The van der Waals surface area contributed by atoms with Gasteiger partial charge in [-0.05, 0) is 24.3 Å². The van der Waals surface area contributed by atoms with Crippen molar-refractivity contribution >= 4 is 17.5 Å². The molecule has 7 heteroatoms. The SMILES string of the molecule is Fc1ccc(Nc2nc(NCc3ccco3)cc(-c3ccccc3)n2)cc1F. The van der Waals surface area contributed by atoms with Gasteiger partial charge in [-0.2, -0.15) is 4.98 Å². The number of halogens is 2. The second-order valence-electron chi connectivity index (χ2n) is 6.01. The molecule has 5 nitrogen and oxygen atoms in total. The smallest absolute Gasteiger partial charge is 0.229 e. The minimum absolute atomic E-state index is 0.259. The van der Waals surface area contributed by atoms with Gasteiger partial charge in [-0.1, -0.05) is 30.3 Å². The van der Waals surface area contributed by atoms with Crippen molar-refractivity contribution in [3.05, 3.63) is 90.4 Å². The molecule has 0 atom stereocenters. The summed E-state index contributed by atoms with van der Waals surface area (Å²) < 4.78 is 32.0. The van der Waals surface area contributed by atoms with Crippen molar-refractivity contribution in [2.45, 2.75) is 6.54 Å². The third kappa shape index (κ3) is 4.15. The van der Waals surface area contributed by atoms with E-state index in [2.05, 4.69) is 20.6 Å². The standard InChI is InChI=1S/C21H16F2N4O/c22-17-9-8-15(11-18(17)23)25-21-26-19(14-5-2-1-3-6-14)12-20(27-21)24-13-16-7-4-10-28-16/h1-12H,13H2,(H2,24,25,26,27). The fourth-order valence-corrected chi connectivity index (χ4v) is 2.64. The van der Waals surface area contributed by atoms with Gasteiger partial charge in [-0.3, -0.25) is 0 Å². The summed E-state index contributed by atoms with van der Waals surface area (Å²) in [4.78, 5) is 8.91. The van der Waals surface area contributed by atoms with Crippen LogP contribution in [0, 0.1) is 11.6 Å². The maximum Gasteiger partial charge on any atom is 0.229 e. The average molecular weight is 378 g/mol. The molecule has 0 unspecified atom stereocenters. The average Bonchev–Trinajstić information content (AvgIpc) is 3.23. The predicted octanol–water partition coefficient (Wildman–Crippen LogP) is 5.37. The molecular formula is C21H16F2N4O. The van der Waals surface area contributed by atoms with Crippen LogP contribution < -0.4 is 10.6 Å². The van der Waals surface area contributed by atoms with Crippen molar-refractivity contribution in [3.63, 3.8) is 0 Å². The molecule has 0 bridgehead atoms. The zero-order valence-electron chi connectivity index (χ0n) is 14.7. The van der Waals surface area contributed by atoms with Crippen LogP contribution in [0.1, 0.15) is 5.76 Å². The second kappa shape index (κ2) is 7.87. The van der Waals surface area contributed by atoms with E-state index in [1.165, 1.54) is 6.07 Å². The Bertz CT molecular complexity index is 1070. The number of anilines is 3. The molecular weight excluding hydrogens is 362 g/mol. The lowest BCUT2D eigenvalue weighted by molar-refractivity contribution is 0.509. The summed E-state index contributed by atoms with van der Waals surface area (Å²) in [6.07, 6.45) is 1.60. The van der Waals surface area contributed by atoms with Gasteiger partial charge in [0.1, 0.15) is 11.6 Å². The summed E-state index contributed by atoms with van der Waals surface area (Å²) in [7, 11) is 0. The molecule has 0 saturated carbocycles. The monoisotopic (exact) mass is 378 g/mol. The lowest BCUT2D eigenvalue weighted by Gasteiger charge is -2.11. The maximum absolute atomic E-state index is 13.5. The molecule has 2 aromatic carbocycles. The summed E-state index contributed by atoms with van der Waals surface area (Å²) >= 11 is 0. The molecule has 0 aliphatic heterocycles. The molecule has 4 rings (SSSR count). The Morgan fingerprint density at radius 3 is 2.46 bits per heavy atom. The summed E-state index contributed by atoms with van der Waals surface area (Å²) in [5.41, 5.74) is 1.93. The quantitative estimate of drug-likeness (QED) is 0.472. The van der Waals surface area contributed by atoms with Gasteiger partial charge >= 0.3 is 0 Å². The molecule has 0 aliphatic carbocycles. The van der Waals surface area contributed by atoms with Crippen LogP contribution in [0.3, 0.4) is 0 Å². The maximum atomic E-state index is 13.5. The van der Waals surface area contributed by atoms with Gasteiger partial charge in [0.05, 0.1) is 18.5 Å². The predicted molar refractivity (Wildman–Crippen MR) is 103 cm³/mol. The summed E-state index contributed by atoms with van der Waals surface area (Å²) in [6, 6.07) is 18.6. The van der Waals surface area contributed by atoms with E-state index in [1.54, 1.807) is 6.26 Å². The highest BCUT2D eigenvalue weighted by atomic mass is 19.2. The molecule has 2 aromatic heterocycles. The largest absolute Gasteiger partial charge is 0.467 e. The van der Waals surface area contributed by atoms with Gasteiger partial charge in [0.25, 0.3) is 0 Å². The molecule has 0 spiro atoms. The lowest BCUT2D eigenvalue weighted by atomic mass is 10.1. The van der Waals surface area contributed by atoms with Gasteiger partial charge < -0.3 is 15.1 Å². The molecule has 140 valence electrons. The molecule has 0 fully saturated rings. The number of benzene rings is 2. The number of aromatic nitrogens is 2. The molecule has 0 amide bonds. The zero-order valence-corrected chi connectivity index (χ0v) is 14.7. The second-order valence-corrected chi connectivity index (χ2v) is 6.01. The van der Waals surface area contributed by atoms with Crippen molar-refractivity contribution in [2.75, 3.05) is 10.6 Å². The Kier molecular flexibility index (Phi) is 4.97. The molecule has 0 saturated heterocycles. The molecule has 2 heterocycles. The van der Waals surface area contributed by atoms with E-state index in [4.69, 9.17) is 4.42 Å². The normalized spacial score (nSPS) is 10.6. The minimum Gasteiger partial charge on any atom is -0.467 e. The third-order valence-corrected chi connectivity index (χ3v) is 4.00. The number of hydrogen-bond acceptors (Lipinski definition) is 5. The van der Waals surface area contributed by atoms with Crippen LogP contribution in [0.25, 0.3) is 11.3 Å². The Labute approximate surface area is 160 Å². The molecule has 2 N–H and O–H groups in total. The summed E-state index contributed by atoms with van der Waals surface area (Å²) in [5, 5.41) is 6.11. The van der Waals surface area contributed by atoms with E-state index >= 15 is 0 Å². The van der Waals surface area contributed by atoms with Crippen molar-refractivity contribution in [1.82, 2.24) is 9.97 Å². The van der Waals surface area contributed by atoms with Crippen LogP contribution in [0.2, 0.25) is 0 Å². The number of nitrogens with one attached hydrogen (secondary N) is 2. The lowest BCUT2D eigenvalue weighted by Crippen LogP contribution is -2.05. The van der Waals surface area contributed by atoms with Crippen LogP contribution in [0.15, 0.2) is 77.4 Å². The van der Waals surface area contributed by atoms with Crippen molar-refractivity contribution in [3.8, 4) is 11.3 Å². The van der Waals surface area contributed by atoms with Crippen molar-refractivity contribution < 1.29 is 13.2 Å². The first-order chi connectivity index (χ1) is 13.7. The van der Waals surface area contributed by atoms with E-state index in [1.807, 2.05) is 48.5 Å². The van der Waals surface area contributed by atoms with Gasteiger partial charge in [-0.15, -0.1) is 0 Å². The number of hydrogen-bond donors (Lipinski definition) is 2. The Morgan fingerprint density at radius 1 is 0.857 bits per heavy atom. The van der Waals surface area contributed by atoms with E-state index in [-0.39, 0.29) is 5.95 Å². The van der Waals surface area contributed by atoms with E-state index in [9.17, 15) is 8.78 Å². The molecule has 28 heavy (non-hydrogen) atoms. The Morgan fingerprint density at radius 2 is 1.71 bits per heavy atom. The van der Waals surface area contributed by atoms with E-state index in [0.717, 1.165) is 23.5 Å². The van der Waals surface area contributed by atoms with Crippen LogP contribution in [0.4, 0.5) is 26.2 Å². The van der Waals surface area contributed by atoms with Crippen LogP contribution in [0.5, 0.6) is 0 Å². The first-order valence-electron chi connectivity index (χ1n) is 8.60. The van der Waals surface area contributed by atoms with Crippen molar-refractivity contribution in [2.24, 2.45) is 0 Å². The van der Waals surface area contributed by atoms with Crippen LogP contribution in [-0.2, 0) is 6.54 Å². The zero-order chi connectivity index (χ0) is 19.3. The Balaban J connectivity index is 1.65. The van der Waals surface area contributed by atoms with Gasteiger partial charge in [0.15, 0.2) is 11.6 Å². The first-order valence-corrected chi connectivity index (χ1v) is 8.60. The molecule has 0 radical (unpaired) electrons. The van der Waals surface area contributed by atoms with Gasteiger partial charge in [0, 0.05) is 23.4 Å². The molecule has 0 aliphatic rings. The van der Waals surface area contributed by atoms with Gasteiger partial charge in [0.2, 0.25) is 5.95 Å². The minimum atomic E-state index is -0.944. The van der Waals surface area contributed by atoms with Gasteiger partial charge in [-0.25, -0.2) is 13.8 Å². The highest BCUT2D eigenvalue weighted by molar-refractivity contribution is 5.66. The van der Waals surface area contributed by atoms with Crippen molar-refractivity contribution in [1.29, 1.82) is 0 Å².